The summed E-state index contributed by atoms with van der Waals surface area (Å²) in [5, 5.41) is 13.7. The molecule has 0 atom stereocenters. The molecule has 0 saturated carbocycles. The first-order valence-corrected chi connectivity index (χ1v) is 10.6. The highest BCUT2D eigenvalue weighted by molar-refractivity contribution is 8.26. The van der Waals surface area contributed by atoms with E-state index in [1.807, 2.05) is 0 Å². The maximum atomic E-state index is 12.8. The lowest BCUT2D eigenvalue weighted by Gasteiger charge is -2.15. The second-order valence-corrected chi connectivity index (χ2v) is 8.25. The zero-order chi connectivity index (χ0) is 23.3. The van der Waals surface area contributed by atoms with Crippen LogP contribution in [0.3, 0.4) is 0 Å². The van der Waals surface area contributed by atoms with Gasteiger partial charge in [0.2, 0.25) is 5.91 Å². The van der Waals surface area contributed by atoms with Gasteiger partial charge in [0, 0.05) is 24.2 Å². The number of nitrogens with one attached hydrogen (secondary N) is 1. The van der Waals surface area contributed by atoms with E-state index in [0.717, 1.165) is 17.3 Å². The van der Waals surface area contributed by atoms with Gasteiger partial charge < -0.3 is 24.7 Å². The van der Waals surface area contributed by atoms with E-state index in [9.17, 15) is 19.5 Å². The van der Waals surface area contributed by atoms with E-state index in [2.05, 4.69) is 5.32 Å². The van der Waals surface area contributed by atoms with Crippen LogP contribution in [0.2, 0.25) is 0 Å². The Labute approximate surface area is 194 Å². The van der Waals surface area contributed by atoms with Crippen LogP contribution in [0.4, 0.5) is 5.69 Å². The molecule has 10 heteroatoms. The molecule has 166 valence electrons. The first-order valence-electron chi connectivity index (χ1n) is 9.41. The molecule has 1 N–H and O–H groups in total. The summed E-state index contributed by atoms with van der Waals surface area (Å²) in [7, 11) is 3.06. The number of carbonyl (C=O) groups is 3. The molecule has 0 radical (unpaired) electrons. The molecule has 2 amide bonds. The topological polar surface area (TPSA) is 108 Å². The van der Waals surface area contributed by atoms with Crippen molar-refractivity contribution in [3.63, 3.8) is 0 Å². The number of rotatable bonds is 8. The summed E-state index contributed by atoms with van der Waals surface area (Å²) in [6.07, 6.45) is 1.63. The van der Waals surface area contributed by atoms with Gasteiger partial charge in [-0.3, -0.25) is 14.5 Å². The monoisotopic (exact) mass is 471 g/mol. The molecule has 2 aromatic rings. The standard InChI is InChI=1S/C22H20N2O6S2/c1-29-16-8-7-13(11-17(16)30-2)12-18-20(26)24(22(31)32-18)10-9-19(25)23-15-6-4-3-5-14(15)21(27)28/h3-8,11-12H,9-10H2,1-2H3,(H,23,25)(H,27,28)/p-1. The Bertz CT molecular complexity index is 1120. The van der Waals surface area contributed by atoms with Crippen LogP contribution in [0.25, 0.3) is 6.08 Å². The van der Waals surface area contributed by atoms with E-state index in [-0.39, 0.29) is 30.1 Å². The minimum atomic E-state index is -1.39. The number of hydrogen-bond acceptors (Lipinski definition) is 8. The lowest BCUT2D eigenvalue weighted by Crippen LogP contribution is -2.32. The predicted octanol–water partition coefficient (Wildman–Crippen LogP) is 2.30. The third-order valence-corrected chi connectivity index (χ3v) is 5.94. The molecular formula is C22H19N2O6S2-. The van der Waals surface area contributed by atoms with Crippen LogP contribution in [-0.2, 0) is 9.59 Å². The smallest absolute Gasteiger partial charge is 0.266 e. The molecule has 0 unspecified atom stereocenters. The Morgan fingerprint density at radius 1 is 1.16 bits per heavy atom. The molecule has 0 aliphatic carbocycles. The number of para-hydroxylation sites is 1. The normalized spacial score (nSPS) is 14.6. The number of thioether (sulfide) groups is 1. The Morgan fingerprint density at radius 2 is 1.88 bits per heavy atom. The molecular weight excluding hydrogens is 452 g/mol. The number of ether oxygens (including phenoxy) is 2. The van der Waals surface area contributed by atoms with Crippen LogP contribution >= 0.6 is 24.0 Å². The Morgan fingerprint density at radius 3 is 2.56 bits per heavy atom. The maximum absolute atomic E-state index is 12.8. The summed E-state index contributed by atoms with van der Waals surface area (Å²) in [5.74, 6) is -1.04. The van der Waals surface area contributed by atoms with Crippen molar-refractivity contribution in [2.24, 2.45) is 0 Å². The van der Waals surface area contributed by atoms with Crippen molar-refractivity contribution in [1.29, 1.82) is 0 Å². The summed E-state index contributed by atoms with van der Waals surface area (Å²) in [5.41, 5.74) is 0.750. The van der Waals surface area contributed by atoms with Crippen molar-refractivity contribution >= 4 is 57.8 Å². The van der Waals surface area contributed by atoms with Crippen molar-refractivity contribution in [3.8, 4) is 11.5 Å². The fraction of sp³-hybridized carbons (Fsp3) is 0.182. The molecule has 0 spiro atoms. The molecule has 0 aromatic heterocycles. The molecule has 1 aliphatic heterocycles. The highest BCUT2D eigenvalue weighted by Gasteiger charge is 2.32. The van der Waals surface area contributed by atoms with Crippen molar-refractivity contribution in [3.05, 3.63) is 58.5 Å². The van der Waals surface area contributed by atoms with Gasteiger partial charge in [-0.25, -0.2) is 0 Å². The van der Waals surface area contributed by atoms with E-state index >= 15 is 0 Å². The highest BCUT2D eigenvalue weighted by Crippen LogP contribution is 2.34. The molecule has 1 aliphatic rings. The molecule has 0 bridgehead atoms. The van der Waals surface area contributed by atoms with E-state index < -0.39 is 11.9 Å². The number of carbonyl (C=O) groups excluding carboxylic acids is 3. The Hall–Kier alpha value is -3.37. The molecule has 8 nitrogen and oxygen atoms in total. The van der Waals surface area contributed by atoms with Gasteiger partial charge in [-0.2, -0.15) is 0 Å². The summed E-state index contributed by atoms with van der Waals surface area (Å²) in [6.45, 7) is 0.0628. The molecule has 1 fully saturated rings. The van der Waals surface area contributed by atoms with Gasteiger partial charge in [0.1, 0.15) is 4.32 Å². The number of nitrogens with zero attached hydrogens (tertiary/aromatic N) is 1. The summed E-state index contributed by atoms with van der Waals surface area (Å²) in [6, 6.07) is 11.2. The number of hydrogen-bond donors (Lipinski definition) is 1. The lowest BCUT2D eigenvalue weighted by atomic mass is 10.1. The zero-order valence-electron chi connectivity index (χ0n) is 17.2. The second kappa shape index (κ2) is 10.3. The predicted molar refractivity (Wildman–Crippen MR) is 123 cm³/mol. The average molecular weight is 472 g/mol. The van der Waals surface area contributed by atoms with E-state index in [1.165, 1.54) is 37.3 Å². The summed E-state index contributed by atoms with van der Waals surface area (Å²) < 4.78 is 10.8. The molecule has 1 heterocycles. The largest absolute Gasteiger partial charge is 0.545 e. The summed E-state index contributed by atoms with van der Waals surface area (Å²) >= 11 is 6.44. The lowest BCUT2D eigenvalue weighted by molar-refractivity contribution is -0.254. The highest BCUT2D eigenvalue weighted by atomic mass is 32.2. The number of anilines is 1. The van der Waals surface area contributed by atoms with E-state index in [1.54, 1.807) is 30.3 Å². The number of aromatic carboxylic acids is 1. The fourth-order valence-corrected chi connectivity index (χ4v) is 4.29. The van der Waals surface area contributed by atoms with Crippen LogP contribution in [0.1, 0.15) is 22.3 Å². The average Bonchev–Trinajstić information content (AvgIpc) is 3.04. The van der Waals surface area contributed by atoms with Gasteiger partial charge in [0.05, 0.1) is 25.1 Å². The number of benzene rings is 2. The van der Waals surface area contributed by atoms with Gasteiger partial charge >= 0.3 is 0 Å². The second-order valence-electron chi connectivity index (χ2n) is 6.58. The zero-order valence-corrected chi connectivity index (χ0v) is 18.9. The fourth-order valence-electron chi connectivity index (χ4n) is 2.98. The Kier molecular flexibility index (Phi) is 7.49. The first kappa shape index (κ1) is 23.3. The number of methoxy groups -OCH3 is 2. The van der Waals surface area contributed by atoms with E-state index in [0.29, 0.717) is 20.7 Å². The van der Waals surface area contributed by atoms with Crippen LogP contribution in [-0.4, -0.2) is 47.8 Å². The van der Waals surface area contributed by atoms with Crippen LogP contribution in [0.5, 0.6) is 11.5 Å². The summed E-state index contributed by atoms with van der Waals surface area (Å²) in [4.78, 5) is 38.0. The van der Waals surface area contributed by atoms with Gasteiger partial charge in [-0.15, -0.1) is 0 Å². The molecule has 2 aromatic carbocycles. The maximum Gasteiger partial charge on any atom is 0.266 e. The van der Waals surface area contributed by atoms with Gasteiger partial charge in [-0.05, 0) is 29.8 Å². The van der Waals surface area contributed by atoms with Gasteiger partial charge in [-0.1, -0.05) is 48.2 Å². The molecule has 1 saturated heterocycles. The van der Waals surface area contributed by atoms with E-state index in [4.69, 9.17) is 21.7 Å². The van der Waals surface area contributed by atoms with Crippen molar-refractivity contribution in [1.82, 2.24) is 4.90 Å². The van der Waals surface area contributed by atoms with Crippen molar-refractivity contribution < 1.29 is 29.0 Å². The number of amides is 2. The molecule has 32 heavy (non-hydrogen) atoms. The van der Waals surface area contributed by atoms with Gasteiger partial charge in [0.15, 0.2) is 11.5 Å². The number of thiocarbonyl (C=S) groups is 1. The molecule has 3 rings (SSSR count). The van der Waals surface area contributed by atoms with Crippen LogP contribution < -0.4 is 19.9 Å². The minimum Gasteiger partial charge on any atom is -0.545 e. The van der Waals surface area contributed by atoms with Crippen molar-refractivity contribution in [2.75, 3.05) is 26.1 Å². The SMILES string of the molecule is COc1ccc(C=C2SC(=S)N(CCC(=O)Nc3ccccc3C(=O)[O-])C2=O)cc1OC. The quantitative estimate of drug-likeness (QED) is 0.462. The van der Waals surface area contributed by atoms with Crippen LogP contribution in [0.15, 0.2) is 47.4 Å². The van der Waals surface area contributed by atoms with Crippen molar-refractivity contribution in [2.45, 2.75) is 6.42 Å². The Balaban J connectivity index is 1.66. The number of carboxylic acid groups (broad SMARTS) is 1. The third-order valence-electron chi connectivity index (χ3n) is 4.56. The first-order chi connectivity index (χ1) is 15.3. The minimum absolute atomic E-state index is 0.0581. The van der Waals surface area contributed by atoms with Crippen LogP contribution in [0, 0.1) is 0 Å². The third kappa shape index (κ3) is 5.27. The number of carboxylic acids is 1. The van der Waals surface area contributed by atoms with Gasteiger partial charge in [0.25, 0.3) is 5.91 Å².